The number of phenolic OH excluding ortho intramolecular Hbond substituents is 1. The van der Waals surface area contributed by atoms with Crippen molar-refractivity contribution in [3.63, 3.8) is 0 Å². The molecule has 0 saturated heterocycles. The van der Waals surface area contributed by atoms with Gasteiger partial charge < -0.3 is 9.66 Å². The fraction of sp³-hybridized carbons (Fsp3) is 0.114. The fourth-order valence-corrected chi connectivity index (χ4v) is 6.94. The van der Waals surface area contributed by atoms with Crippen LogP contribution in [0.25, 0.3) is 11.1 Å². The van der Waals surface area contributed by atoms with Crippen molar-refractivity contribution in [2.75, 3.05) is 0 Å². The smallest absolute Gasteiger partial charge is 0.460 e. The van der Waals surface area contributed by atoms with Crippen LogP contribution in [-0.4, -0.2) is 47.1 Å². The van der Waals surface area contributed by atoms with Crippen molar-refractivity contribution in [3.05, 3.63) is 145 Å². The lowest BCUT2D eigenvalue weighted by Gasteiger charge is -2.34. The second kappa shape index (κ2) is 14.8. The molecule has 268 valence electrons. The lowest BCUT2D eigenvalue weighted by molar-refractivity contribution is -0.382. The second-order valence-electron chi connectivity index (χ2n) is 10.5. The van der Waals surface area contributed by atoms with Crippen LogP contribution in [0.5, 0.6) is 5.75 Å². The van der Waals surface area contributed by atoms with Crippen molar-refractivity contribution < 1.29 is 62.4 Å². The number of hydrogen-bond donors (Lipinski definition) is 1. The molecule has 5 rings (SSSR count). The summed E-state index contributed by atoms with van der Waals surface area (Å²) in [7, 11) is -7.65. The quantitative estimate of drug-likeness (QED) is 0.0700. The minimum Gasteiger partial charge on any atom is -0.743 e. The highest BCUT2D eigenvalue weighted by atomic mass is 32.2. The van der Waals surface area contributed by atoms with E-state index in [0.29, 0.717) is 11.1 Å². The van der Waals surface area contributed by atoms with Crippen LogP contribution in [0.4, 0.5) is 39.5 Å². The summed E-state index contributed by atoms with van der Waals surface area (Å²) in [5.74, 6) is -14.6. The van der Waals surface area contributed by atoms with E-state index >= 15 is 0 Å². The van der Waals surface area contributed by atoms with Crippen molar-refractivity contribution in [1.29, 1.82) is 0 Å². The summed E-state index contributed by atoms with van der Waals surface area (Å²) in [6.07, 6.45) is -7.16. The first-order chi connectivity index (χ1) is 23.7. The Labute approximate surface area is 288 Å². The van der Waals surface area contributed by atoms with E-state index in [0.717, 1.165) is 11.1 Å². The van der Waals surface area contributed by atoms with E-state index in [1.165, 1.54) is 14.7 Å². The van der Waals surface area contributed by atoms with Gasteiger partial charge >= 0.3 is 23.3 Å². The van der Waals surface area contributed by atoms with E-state index < -0.39 is 33.4 Å². The third-order valence-corrected chi connectivity index (χ3v) is 10.2. The van der Waals surface area contributed by atoms with Crippen molar-refractivity contribution in [2.24, 2.45) is 0 Å². The first-order valence-electron chi connectivity index (χ1n) is 14.2. The Morgan fingerprint density at radius 2 is 0.882 bits per heavy atom. The van der Waals surface area contributed by atoms with Gasteiger partial charge in [0.1, 0.15) is 5.75 Å². The Kier molecular flexibility index (Phi) is 11.3. The standard InChI is InChI=1S/C31H22O2S.C4HF9O3S/c32-27-19-15-24(16-20-27)23-11-13-25(14-12-23)31(33)26-17-21-30(22-18-26)34(28-7-3-1-4-8-28)29-9-5-2-6-10-29;5-1(6,3(9,10)11)2(7,8)4(12,13)17(14,15)16/h1-22H;(H,14,15,16). The molecule has 0 fully saturated rings. The molecule has 5 aromatic rings. The van der Waals surface area contributed by atoms with Gasteiger partial charge in [-0.3, -0.25) is 4.79 Å². The lowest BCUT2D eigenvalue weighted by atomic mass is 9.99. The van der Waals surface area contributed by atoms with Crippen molar-refractivity contribution >= 4 is 26.8 Å². The lowest BCUT2D eigenvalue weighted by Crippen LogP contribution is -2.63. The first-order valence-corrected chi connectivity index (χ1v) is 16.9. The minimum atomic E-state index is -7.43. The van der Waals surface area contributed by atoms with Gasteiger partial charge in [-0.05, 0) is 71.8 Å². The van der Waals surface area contributed by atoms with Gasteiger partial charge in [0.25, 0.3) is 0 Å². The molecule has 0 unspecified atom stereocenters. The van der Waals surface area contributed by atoms with Gasteiger partial charge in [-0.2, -0.15) is 39.5 Å². The molecule has 51 heavy (non-hydrogen) atoms. The van der Waals surface area contributed by atoms with Crippen molar-refractivity contribution in [1.82, 2.24) is 0 Å². The second-order valence-corrected chi connectivity index (χ2v) is 14.0. The maximum Gasteiger partial charge on any atom is 0.460 e. The van der Waals surface area contributed by atoms with Crippen molar-refractivity contribution in [2.45, 2.75) is 38.0 Å². The van der Waals surface area contributed by atoms with Crippen LogP contribution in [0.2, 0.25) is 0 Å². The molecule has 0 bridgehead atoms. The number of hydrogen-bond acceptors (Lipinski definition) is 5. The van der Waals surface area contributed by atoms with Crippen LogP contribution in [0, 0.1) is 0 Å². The summed E-state index contributed by atoms with van der Waals surface area (Å²) in [5, 5.41) is 2.37. The number of phenols is 1. The maximum atomic E-state index is 13.1. The number of carbonyl (C=O) groups excluding carboxylic acids is 1. The zero-order valence-electron chi connectivity index (χ0n) is 25.5. The minimum absolute atomic E-state index is 0.00288. The zero-order chi connectivity index (χ0) is 37.8. The summed E-state index contributed by atoms with van der Waals surface area (Å²) in [6, 6.07) is 43.6. The van der Waals surface area contributed by atoms with Gasteiger partial charge in [-0.25, -0.2) is 8.42 Å². The zero-order valence-corrected chi connectivity index (χ0v) is 27.1. The third kappa shape index (κ3) is 8.24. The van der Waals surface area contributed by atoms with E-state index in [4.69, 9.17) is 0 Å². The summed E-state index contributed by atoms with van der Waals surface area (Å²) >= 11 is 0. The number of ketones is 1. The summed E-state index contributed by atoms with van der Waals surface area (Å²) in [5.41, 5.74) is 3.32. The van der Waals surface area contributed by atoms with Gasteiger partial charge in [0, 0.05) is 11.1 Å². The van der Waals surface area contributed by atoms with Gasteiger partial charge in [0.15, 0.2) is 30.6 Å². The molecular weight excluding hydrogens is 735 g/mol. The topological polar surface area (TPSA) is 94.5 Å². The Morgan fingerprint density at radius 3 is 1.25 bits per heavy atom. The Morgan fingerprint density at radius 1 is 0.529 bits per heavy atom. The summed E-state index contributed by atoms with van der Waals surface area (Å²) in [6.45, 7) is 0. The number of rotatable bonds is 9. The third-order valence-electron chi connectivity index (χ3n) is 7.09. The van der Waals surface area contributed by atoms with E-state index in [9.17, 15) is 62.4 Å². The Hall–Kier alpha value is -4.80. The predicted molar refractivity (Wildman–Crippen MR) is 169 cm³/mol. The van der Waals surface area contributed by atoms with Crippen LogP contribution >= 0.6 is 0 Å². The molecule has 1 N–H and O–H groups in total. The molecule has 0 spiro atoms. The molecule has 0 radical (unpaired) electrons. The number of alkyl halides is 9. The van der Waals surface area contributed by atoms with E-state index in [1.54, 1.807) is 12.1 Å². The normalized spacial score (nSPS) is 12.6. The van der Waals surface area contributed by atoms with Crippen LogP contribution in [0.1, 0.15) is 15.9 Å². The summed E-state index contributed by atoms with van der Waals surface area (Å²) in [4.78, 5) is 16.8. The average Bonchev–Trinajstić information content (AvgIpc) is 3.09. The molecule has 16 heteroatoms. The fourth-order valence-electron chi connectivity index (χ4n) is 4.42. The largest absolute Gasteiger partial charge is 0.743 e. The molecule has 0 aliphatic carbocycles. The van der Waals surface area contributed by atoms with E-state index in [-0.39, 0.29) is 22.4 Å². The monoisotopic (exact) mass is 758 g/mol. The van der Waals surface area contributed by atoms with E-state index in [2.05, 4.69) is 60.7 Å². The number of aromatic hydroxyl groups is 1. The van der Waals surface area contributed by atoms with Crippen LogP contribution < -0.4 is 0 Å². The van der Waals surface area contributed by atoms with Crippen LogP contribution in [-0.2, 0) is 21.0 Å². The van der Waals surface area contributed by atoms with Gasteiger partial charge in [-0.15, -0.1) is 0 Å². The van der Waals surface area contributed by atoms with Gasteiger partial charge in [0.2, 0.25) is 0 Å². The van der Waals surface area contributed by atoms with Crippen LogP contribution in [0.15, 0.2) is 148 Å². The number of carbonyl (C=O) groups is 1. The highest BCUT2D eigenvalue weighted by Crippen LogP contribution is 2.54. The summed E-state index contributed by atoms with van der Waals surface area (Å²) < 4.78 is 135. The average molecular weight is 759 g/mol. The predicted octanol–water partition coefficient (Wildman–Crippen LogP) is 9.34. The molecule has 0 aromatic heterocycles. The number of benzene rings is 5. The highest BCUT2D eigenvalue weighted by Gasteiger charge is 2.83. The van der Waals surface area contributed by atoms with Gasteiger partial charge in [0.05, 0.1) is 10.9 Å². The number of halogens is 9. The molecule has 0 aliphatic rings. The highest BCUT2D eigenvalue weighted by molar-refractivity contribution is 7.97. The first kappa shape index (κ1) is 39.0. The molecule has 5 nitrogen and oxygen atoms in total. The van der Waals surface area contributed by atoms with Gasteiger partial charge in [-0.1, -0.05) is 72.8 Å². The molecule has 0 aliphatic heterocycles. The molecule has 0 atom stereocenters. The molecule has 0 amide bonds. The molecule has 0 heterocycles. The van der Waals surface area contributed by atoms with E-state index in [1.807, 2.05) is 60.7 Å². The van der Waals surface area contributed by atoms with Crippen LogP contribution in [0.3, 0.4) is 0 Å². The molecule has 5 aromatic carbocycles. The molecule has 0 saturated carbocycles. The Bertz CT molecular complexity index is 2000. The van der Waals surface area contributed by atoms with Crippen molar-refractivity contribution in [3.8, 4) is 16.9 Å². The maximum absolute atomic E-state index is 13.1. The SMILES string of the molecule is O=C(c1ccc(-c2ccc(O)cc2)cc1)c1ccc([S+](c2ccccc2)c2ccccc2)cc1.O=S(=O)([O-])C(F)(F)C(F)(F)C(F)(F)C(F)(F)F. The molecular formula is C35H23F9O5S2. The Balaban J connectivity index is 0.000000292.